The maximum absolute atomic E-state index is 12.4. The summed E-state index contributed by atoms with van der Waals surface area (Å²) in [6, 6.07) is 0.471. The van der Waals surface area contributed by atoms with Crippen LogP contribution in [0.15, 0.2) is 16.9 Å². The van der Waals surface area contributed by atoms with E-state index in [1.165, 1.54) is 12.3 Å². The van der Waals surface area contributed by atoms with Crippen molar-refractivity contribution < 1.29 is 23.6 Å². The average molecular weight is 367 g/mol. The number of alkyl carbamates (subject to hydrolysis) is 1. The number of hydrogen-bond donors (Lipinski definition) is 2. The summed E-state index contributed by atoms with van der Waals surface area (Å²) in [6.45, 7) is 9.81. The summed E-state index contributed by atoms with van der Waals surface area (Å²) < 4.78 is 10.1. The molecule has 1 aromatic heterocycles. The first-order chi connectivity index (χ1) is 12.3. The smallest absolute Gasteiger partial charge is 0.408 e. The van der Waals surface area contributed by atoms with Crippen LogP contribution in [-0.2, 0) is 14.3 Å². The Hall–Kier alpha value is -2.38. The molecule has 0 saturated carbocycles. The molecule has 26 heavy (non-hydrogen) atoms. The molecule has 0 saturated heterocycles. The predicted molar refractivity (Wildman–Crippen MR) is 96.5 cm³/mol. The first kappa shape index (κ1) is 21.7. The Bertz CT molecular complexity index is 576. The van der Waals surface area contributed by atoms with Crippen LogP contribution < -0.4 is 10.6 Å². The SMILES string of the molecule is CCCC[C@H](NC(=O)OC(C(C)C)C(C)C)C(=O)C(=O)Nc1ccon1. The highest BCUT2D eigenvalue weighted by Crippen LogP contribution is 2.16. The van der Waals surface area contributed by atoms with Crippen LogP contribution in [-0.4, -0.2) is 35.1 Å². The van der Waals surface area contributed by atoms with E-state index in [2.05, 4.69) is 20.3 Å². The number of nitrogens with zero attached hydrogens (tertiary/aromatic N) is 1. The van der Waals surface area contributed by atoms with E-state index >= 15 is 0 Å². The number of carbonyl (C=O) groups is 3. The molecule has 1 aromatic rings. The molecule has 0 unspecified atom stereocenters. The van der Waals surface area contributed by atoms with E-state index in [1.54, 1.807) is 0 Å². The van der Waals surface area contributed by atoms with Crippen LogP contribution in [0.1, 0.15) is 53.9 Å². The summed E-state index contributed by atoms with van der Waals surface area (Å²) in [5, 5.41) is 8.41. The molecule has 1 atom stereocenters. The number of unbranched alkanes of at least 4 members (excludes halogenated alkanes) is 1. The number of hydrogen-bond acceptors (Lipinski definition) is 6. The standard InChI is InChI=1S/C18H29N3O5/c1-6-7-8-13(15(22)17(23)20-14-9-10-25-21-14)19-18(24)26-16(11(2)3)12(4)5/h9-13,16H,6-8H2,1-5H3,(H,19,24)(H,20,21,23)/t13-/m0/s1. The summed E-state index contributed by atoms with van der Waals surface area (Å²) >= 11 is 0. The van der Waals surface area contributed by atoms with Crippen LogP contribution in [0.4, 0.5) is 10.6 Å². The van der Waals surface area contributed by atoms with Gasteiger partial charge in [-0.05, 0) is 18.3 Å². The maximum atomic E-state index is 12.4. The molecule has 8 nitrogen and oxygen atoms in total. The monoisotopic (exact) mass is 367 g/mol. The summed E-state index contributed by atoms with van der Waals surface area (Å²) in [6.07, 6.45) is 2.17. The van der Waals surface area contributed by atoms with Crippen molar-refractivity contribution in [3.63, 3.8) is 0 Å². The Morgan fingerprint density at radius 1 is 1.19 bits per heavy atom. The van der Waals surface area contributed by atoms with Crippen molar-refractivity contribution in [2.75, 3.05) is 5.32 Å². The van der Waals surface area contributed by atoms with Gasteiger partial charge < -0.3 is 19.9 Å². The number of ketones is 1. The van der Waals surface area contributed by atoms with Gasteiger partial charge in [-0.1, -0.05) is 52.6 Å². The Morgan fingerprint density at radius 3 is 2.35 bits per heavy atom. The van der Waals surface area contributed by atoms with Gasteiger partial charge in [0.2, 0.25) is 5.78 Å². The van der Waals surface area contributed by atoms with Crippen LogP contribution in [0.5, 0.6) is 0 Å². The normalized spacial score (nSPS) is 12.3. The molecule has 146 valence electrons. The van der Waals surface area contributed by atoms with Crippen molar-refractivity contribution in [3.8, 4) is 0 Å². The molecule has 0 fully saturated rings. The number of aromatic nitrogens is 1. The summed E-state index contributed by atoms with van der Waals surface area (Å²) in [5.41, 5.74) is 0. The minimum absolute atomic E-state index is 0.139. The Labute approximate surface area is 154 Å². The molecule has 8 heteroatoms. The number of rotatable bonds is 10. The predicted octanol–water partition coefficient (Wildman–Crippen LogP) is 3.15. The van der Waals surface area contributed by atoms with Crippen molar-refractivity contribution in [2.45, 2.75) is 66.0 Å². The van der Waals surface area contributed by atoms with Crippen LogP contribution >= 0.6 is 0 Å². The molecule has 0 aliphatic heterocycles. The molecule has 1 rings (SSSR count). The van der Waals surface area contributed by atoms with Crippen molar-refractivity contribution in [3.05, 3.63) is 12.3 Å². The second-order valence-corrected chi connectivity index (χ2v) is 6.90. The van der Waals surface area contributed by atoms with E-state index in [-0.39, 0.29) is 23.8 Å². The lowest BCUT2D eigenvalue weighted by molar-refractivity contribution is -0.136. The van der Waals surface area contributed by atoms with Crippen molar-refractivity contribution in [1.82, 2.24) is 10.5 Å². The third-order valence-corrected chi connectivity index (χ3v) is 3.92. The van der Waals surface area contributed by atoms with Gasteiger partial charge >= 0.3 is 6.09 Å². The first-order valence-corrected chi connectivity index (χ1v) is 8.98. The zero-order valence-electron chi connectivity index (χ0n) is 16.1. The zero-order chi connectivity index (χ0) is 19.7. The molecular weight excluding hydrogens is 338 g/mol. The fourth-order valence-electron chi connectivity index (χ4n) is 2.63. The van der Waals surface area contributed by atoms with Crippen molar-refractivity contribution in [1.29, 1.82) is 0 Å². The van der Waals surface area contributed by atoms with E-state index < -0.39 is 23.8 Å². The molecule has 0 aliphatic rings. The molecule has 0 bridgehead atoms. The van der Waals surface area contributed by atoms with Crippen LogP contribution in [0.2, 0.25) is 0 Å². The van der Waals surface area contributed by atoms with Crippen molar-refractivity contribution in [2.24, 2.45) is 11.8 Å². The molecule has 1 heterocycles. The van der Waals surface area contributed by atoms with Gasteiger partial charge in [-0.3, -0.25) is 9.59 Å². The van der Waals surface area contributed by atoms with E-state index in [9.17, 15) is 14.4 Å². The minimum Gasteiger partial charge on any atom is -0.446 e. The van der Waals surface area contributed by atoms with Gasteiger partial charge in [-0.15, -0.1) is 0 Å². The highest BCUT2D eigenvalue weighted by molar-refractivity contribution is 6.42. The second kappa shape index (κ2) is 10.6. The number of anilines is 1. The highest BCUT2D eigenvalue weighted by Gasteiger charge is 2.29. The van der Waals surface area contributed by atoms with Crippen LogP contribution in [0.3, 0.4) is 0 Å². The average Bonchev–Trinajstić information content (AvgIpc) is 3.08. The highest BCUT2D eigenvalue weighted by atomic mass is 16.6. The van der Waals surface area contributed by atoms with Gasteiger partial charge in [-0.25, -0.2) is 4.79 Å². The van der Waals surface area contributed by atoms with E-state index in [0.717, 1.165) is 6.42 Å². The molecule has 0 spiro atoms. The summed E-state index contributed by atoms with van der Waals surface area (Å²) in [4.78, 5) is 36.8. The minimum atomic E-state index is -0.950. The van der Waals surface area contributed by atoms with Gasteiger partial charge in [0.15, 0.2) is 5.82 Å². The number of carbonyl (C=O) groups excluding carboxylic acids is 3. The van der Waals surface area contributed by atoms with E-state index in [0.29, 0.717) is 12.8 Å². The Kier molecular flexibility index (Phi) is 8.81. The third-order valence-electron chi connectivity index (χ3n) is 3.92. The molecule has 0 aliphatic carbocycles. The Morgan fingerprint density at radius 2 is 1.85 bits per heavy atom. The second-order valence-electron chi connectivity index (χ2n) is 6.90. The molecule has 2 N–H and O–H groups in total. The number of Topliss-reactive ketones (excluding diaryl/α,β-unsaturated/α-hetero) is 1. The third kappa shape index (κ3) is 6.85. The van der Waals surface area contributed by atoms with E-state index in [4.69, 9.17) is 4.74 Å². The van der Waals surface area contributed by atoms with E-state index in [1.807, 2.05) is 34.6 Å². The quantitative estimate of drug-likeness (QED) is 0.615. The first-order valence-electron chi connectivity index (χ1n) is 8.98. The number of amides is 2. The molecule has 0 aromatic carbocycles. The van der Waals surface area contributed by atoms with Gasteiger partial charge in [0.1, 0.15) is 18.4 Å². The molecular formula is C18H29N3O5. The molecule has 0 radical (unpaired) electrons. The maximum Gasteiger partial charge on any atom is 0.408 e. The van der Waals surface area contributed by atoms with Crippen molar-refractivity contribution >= 4 is 23.6 Å². The van der Waals surface area contributed by atoms with Gasteiger partial charge in [0, 0.05) is 6.07 Å². The topological polar surface area (TPSA) is 111 Å². The number of ether oxygens (including phenoxy) is 1. The summed E-state index contributed by atoms with van der Waals surface area (Å²) in [5.74, 6) is -1.18. The Balaban J connectivity index is 2.73. The van der Waals surface area contributed by atoms with Crippen LogP contribution in [0, 0.1) is 11.8 Å². The van der Waals surface area contributed by atoms with Gasteiger partial charge in [-0.2, -0.15) is 0 Å². The fraction of sp³-hybridized carbons (Fsp3) is 0.667. The lowest BCUT2D eigenvalue weighted by Crippen LogP contribution is -2.47. The lowest BCUT2D eigenvalue weighted by Gasteiger charge is -2.26. The van der Waals surface area contributed by atoms with Crippen LogP contribution in [0.25, 0.3) is 0 Å². The van der Waals surface area contributed by atoms with Gasteiger partial charge in [0.05, 0.1) is 0 Å². The molecule has 2 amide bonds. The zero-order valence-corrected chi connectivity index (χ0v) is 16.1. The summed E-state index contributed by atoms with van der Waals surface area (Å²) in [7, 11) is 0. The fourth-order valence-corrected chi connectivity index (χ4v) is 2.63. The largest absolute Gasteiger partial charge is 0.446 e. The lowest BCUT2D eigenvalue weighted by atomic mass is 9.96. The number of nitrogens with one attached hydrogen (secondary N) is 2. The van der Waals surface area contributed by atoms with Gasteiger partial charge in [0.25, 0.3) is 5.91 Å².